The van der Waals surface area contributed by atoms with Crippen LogP contribution in [0, 0.1) is 0 Å². The molecular weight excluding hydrogens is 478 g/mol. The number of rotatable bonds is 16. The lowest BCUT2D eigenvalue weighted by Crippen LogP contribution is -2.57. The van der Waals surface area contributed by atoms with Crippen LogP contribution in [0.1, 0.15) is 31.2 Å². The summed E-state index contributed by atoms with van der Waals surface area (Å²) in [5, 5.41) is 25.2. The number of benzene rings is 1. The van der Waals surface area contributed by atoms with Gasteiger partial charge in [0.25, 0.3) is 0 Å². The number of aliphatic carboxylic acids is 2. The van der Waals surface area contributed by atoms with E-state index in [1.807, 2.05) is 18.2 Å². The predicted molar refractivity (Wildman–Crippen MR) is 131 cm³/mol. The van der Waals surface area contributed by atoms with Crippen LogP contribution in [0.4, 0.5) is 0 Å². The van der Waals surface area contributed by atoms with Gasteiger partial charge in [-0.2, -0.15) is 12.6 Å². The molecule has 13 heteroatoms. The molecule has 1 aromatic rings. The largest absolute Gasteiger partial charge is 0.481 e. The highest BCUT2D eigenvalue weighted by molar-refractivity contribution is 7.80. The summed E-state index contributed by atoms with van der Waals surface area (Å²) >= 11 is 3.84. The number of hydrogen-bond donors (Lipinski definition) is 8. The standard InChI is InChI=1S/C22H33N5O7S/c23-9-5-4-8-15(25-19(30)14(24)10-13-6-2-1-3-7-13)20(31)26-16(11-18(28)29)21(32)27-17(12-35)22(33)34/h1-3,6-7,14-17,35H,4-5,8-12,23-24H2,(H,25,30)(H,26,31)(H,27,32)(H,28,29)(H,33,34)/t14-,15-,16-,17-/m0/s1. The minimum absolute atomic E-state index is 0.169. The fourth-order valence-electron chi connectivity index (χ4n) is 3.12. The maximum absolute atomic E-state index is 12.9. The van der Waals surface area contributed by atoms with Gasteiger partial charge in [0.05, 0.1) is 12.5 Å². The molecule has 1 rings (SSSR count). The Morgan fingerprint density at radius 3 is 1.97 bits per heavy atom. The molecule has 0 aliphatic carbocycles. The van der Waals surface area contributed by atoms with E-state index in [-0.39, 0.29) is 18.6 Å². The fraction of sp³-hybridized carbons (Fsp3) is 0.500. The second-order valence-electron chi connectivity index (χ2n) is 7.88. The Bertz CT molecular complexity index is 871. The lowest BCUT2D eigenvalue weighted by molar-refractivity contribution is -0.143. The smallest absolute Gasteiger partial charge is 0.327 e. The third-order valence-electron chi connectivity index (χ3n) is 5.02. The first-order valence-corrected chi connectivity index (χ1v) is 11.7. The topological polar surface area (TPSA) is 214 Å². The van der Waals surface area contributed by atoms with E-state index < -0.39 is 60.2 Å². The first-order valence-electron chi connectivity index (χ1n) is 11.0. The zero-order valence-corrected chi connectivity index (χ0v) is 20.1. The Hall–Kier alpha value is -3.16. The molecule has 0 spiro atoms. The molecule has 0 bridgehead atoms. The van der Waals surface area contributed by atoms with Crippen LogP contribution < -0.4 is 27.4 Å². The van der Waals surface area contributed by atoms with E-state index in [0.717, 1.165) is 5.56 Å². The Morgan fingerprint density at radius 1 is 0.857 bits per heavy atom. The van der Waals surface area contributed by atoms with Crippen molar-refractivity contribution in [3.05, 3.63) is 35.9 Å². The van der Waals surface area contributed by atoms with Crippen molar-refractivity contribution in [1.82, 2.24) is 16.0 Å². The van der Waals surface area contributed by atoms with E-state index in [9.17, 15) is 24.0 Å². The van der Waals surface area contributed by atoms with Crippen molar-refractivity contribution >= 4 is 42.3 Å². The number of carbonyl (C=O) groups excluding carboxylic acids is 3. The molecule has 0 saturated heterocycles. The number of nitrogens with one attached hydrogen (secondary N) is 3. The summed E-state index contributed by atoms with van der Waals surface area (Å²) in [6.07, 6.45) is 0.639. The van der Waals surface area contributed by atoms with Gasteiger partial charge < -0.3 is 37.6 Å². The summed E-state index contributed by atoms with van der Waals surface area (Å²) in [5.74, 6) is -5.41. The van der Waals surface area contributed by atoms with E-state index in [4.69, 9.17) is 21.7 Å². The van der Waals surface area contributed by atoms with Gasteiger partial charge in [0.15, 0.2) is 0 Å². The molecule has 0 fully saturated rings. The van der Waals surface area contributed by atoms with Gasteiger partial charge in [0.2, 0.25) is 17.7 Å². The zero-order chi connectivity index (χ0) is 26.4. The number of carboxylic acids is 2. The highest BCUT2D eigenvalue weighted by Crippen LogP contribution is 2.06. The van der Waals surface area contributed by atoms with Gasteiger partial charge in [-0.1, -0.05) is 30.3 Å². The average Bonchev–Trinajstić information content (AvgIpc) is 2.81. The lowest BCUT2D eigenvalue weighted by Gasteiger charge is -2.24. The predicted octanol–water partition coefficient (Wildman–Crippen LogP) is -1.37. The first-order chi connectivity index (χ1) is 16.6. The maximum atomic E-state index is 12.9. The molecule has 12 nitrogen and oxygen atoms in total. The number of thiol groups is 1. The van der Waals surface area contributed by atoms with Crippen LogP contribution in [-0.2, 0) is 30.4 Å². The molecule has 194 valence electrons. The molecule has 0 heterocycles. The number of amides is 3. The quantitative estimate of drug-likeness (QED) is 0.0969. The van der Waals surface area contributed by atoms with Crippen molar-refractivity contribution < 1.29 is 34.2 Å². The molecule has 9 N–H and O–H groups in total. The minimum Gasteiger partial charge on any atom is -0.481 e. The highest BCUT2D eigenvalue weighted by atomic mass is 32.1. The summed E-state index contributed by atoms with van der Waals surface area (Å²) in [6, 6.07) is 4.03. The molecular formula is C22H33N5O7S. The molecule has 0 aromatic heterocycles. The van der Waals surface area contributed by atoms with E-state index in [0.29, 0.717) is 19.4 Å². The maximum Gasteiger partial charge on any atom is 0.327 e. The van der Waals surface area contributed by atoms with E-state index in [1.54, 1.807) is 12.1 Å². The fourth-order valence-corrected chi connectivity index (χ4v) is 3.36. The third kappa shape index (κ3) is 11.2. The molecule has 0 aliphatic rings. The van der Waals surface area contributed by atoms with Gasteiger partial charge in [0, 0.05) is 5.75 Å². The number of nitrogens with two attached hydrogens (primary N) is 2. The van der Waals surface area contributed by atoms with E-state index in [1.165, 1.54) is 0 Å². The van der Waals surface area contributed by atoms with Crippen molar-refractivity contribution in [2.75, 3.05) is 12.3 Å². The van der Waals surface area contributed by atoms with Crippen LogP contribution in [0.15, 0.2) is 30.3 Å². The summed E-state index contributed by atoms with van der Waals surface area (Å²) < 4.78 is 0. The Labute approximate surface area is 208 Å². The van der Waals surface area contributed by atoms with Gasteiger partial charge in [-0.25, -0.2) is 4.79 Å². The van der Waals surface area contributed by atoms with Crippen LogP contribution in [0.2, 0.25) is 0 Å². The Morgan fingerprint density at radius 2 is 1.43 bits per heavy atom. The van der Waals surface area contributed by atoms with Gasteiger partial charge in [0.1, 0.15) is 18.1 Å². The van der Waals surface area contributed by atoms with Crippen LogP contribution >= 0.6 is 12.6 Å². The van der Waals surface area contributed by atoms with Gasteiger partial charge in [-0.3, -0.25) is 19.2 Å². The van der Waals surface area contributed by atoms with Gasteiger partial charge in [-0.05, 0) is 37.8 Å². The second-order valence-corrected chi connectivity index (χ2v) is 8.25. The van der Waals surface area contributed by atoms with E-state index in [2.05, 4.69) is 28.6 Å². The minimum atomic E-state index is -1.58. The molecule has 4 atom stereocenters. The molecule has 3 amide bonds. The molecule has 35 heavy (non-hydrogen) atoms. The first kappa shape index (κ1) is 29.9. The SMILES string of the molecule is NCCCC[C@H](NC(=O)[C@@H](N)Cc1ccccc1)C(=O)N[C@@H](CC(=O)O)C(=O)N[C@@H](CS)C(=O)O. The van der Waals surface area contributed by atoms with E-state index >= 15 is 0 Å². The average molecular weight is 512 g/mol. The highest BCUT2D eigenvalue weighted by Gasteiger charge is 2.31. The molecule has 0 aliphatic heterocycles. The van der Waals surface area contributed by atoms with Crippen LogP contribution in [0.5, 0.6) is 0 Å². The van der Waals surface area contributed by atoms with Crippen molar-refractivity contribution in [3.63, 3.8) is 0 Å². The van der Waals surface area contributed by atoms with Crippen molar-refractivity contribution in [2.24, 2.45) is 11.5 Å². The monoisotopic (exact) mass is 511 g/mol. The summed E-state index contributed by atoms with van der Waals surface area (Å²) in [4.78, 5) is 60.5. The lowest BCUT2D eigenvalue weighted by atomic mass is 10.0. The van der Waals surface area contributed by atoms with Crippen molar-refractivity contribution in [1.29, 1.82) is 0 Å². The van der Waals surface area contributed by atoms with Crippen LogP contribution in [-0.4, -0.2) is 76.3 Å². The van der Waals surface area contributed by atoms with Gasteiger partial charge >= 0.3 is 11.9 Å². The van der Waals surface area contributed by atoms with Crippen LogP contribution in [0.25, 0.3) is 0 Å². The second kappa shape index (κ2) is 15.7. The molecule has 0 radical (unpaired) electrons. The summed E-state index contributed by atoms with van der Waals surface area (Å²) in [6.45, 7) is 0.361. The molecule has 0 unspecified atom stereocenters. The van der Waals surface area contributed by atoms with Crippen molar-refractivity contribution in [2.45, 2.75) is 56.3 Å². The van der Waals surface area contributed by atoms with Crippen LogP contribution in [0.3, 0.4) is 0 Å². The number of carbonyl (C=O) groups is 5. The molecule has 0 saturated carbocycles. The van der Waals surface area contributed by atoms with Gasteiger partial charge in [-0.15, -0.1) is 0 Å². The van der Waals surface area contributed by atoms with Crippen molar-refractivity contribution in [3.8, 4) is 0 Å². The normalized spacial score (nSPS) is 14.1. The summed E-state index contributed by atoms with van der Waals surface area (Å²) in [7, 11) is 0. The molecule has 1 aromatic carbocycles. The third-order valence-corrected chi connectivity index (χ3v) is 5.39. The summed E-state index contributed by atoms with van der Waals surface area (Å²) in [5.41, 5.74) is 12.3. The number of unbranched alkanes of at least 4 members (excludes halogenated alkanes) is 1. The number of hydrogen-bond acceptors (Lipinski definition) is 8. The number of carboxylic acid groups (broad SMARTS) is 2. The Balaban J connectivity index is 2.94. The Kier molecular flexibility index (Phi) is 13.4. The zero-order valence-electron chi connectivity index (χ0n) is 19.2.